The zero-order valence-corrected chi connectivity index (χ0v) is 20.7. The van der Waals surface area contributed by atoms with Crippen molar-refractivity contribution in [2.24, 2.45) is 0 Å². The summed E-state index contributed by atoms with van der Waals surface area (Å²) in [4.78, 5) is 28.2. The van der Waals surface area contributed by atoms with E-state index in [1.54, 1.807) is 23.9 Å². The molecule has 9 nitrogen and oxygen atoms in total. The van der Waals surface area contributed by atoms with Crippen LogP contribution in [-0.2, 0) is 0 Å². The van der Waals surface area contributed by atoms with E-state index in [9.17, 15) is 14.9 Å². The SMILES string of the molecule is COc1ccc(-c2cc(C(=O)N3CCN(c4ccc([N+](=O)[O-])cc4)CC3)n(-c3ccc(C)cc3)n2)cc1. The Hall–Kier alpha value is -4.66. The number of hydrogen-bond acceptors (Lipinski definition) is 6. The van der Waals surface area contributed by atoms with Crippen molar-refractivity contribution in [3.63, 3.8) is 0 Å². The van der Waals surface area contributed by atoms with Crippen LogP contribution < -0.4 is 9.64 Å². The highest BCUT2D eigenvalue weighted by Crippen LogP contribution is 2.26. The molecule has 2 heterocycles. The van der Waals surface area contributed by atoms with Crippen LogP contribution in [0.2, 0.25) is 0 Å². The molecule has 0 N–H and O–H groups in total. The van der Waals surface area contributed by atoms with Gasteiger partial charge >= 0.3 is 0 Å². The zero-order chi connectivity index (χ0) is 25.9. The standard InChI is InChI=1S/C28H27N5O4/c1-20-3-7-23(8-4-20)32-27(19-26(29-32)21-5-13-25(37-2)14-6-21)28(34)31-17-15-30(16-18-31)22-9-11-24(12-10-22)33(35)36/h3-14,19H,15-18H2,1-2H3. The molecular formula is C28H27N5O4. The molecule has 0 atom stereocenters. The monoisotopic (exact) mass is 497 g/mol. The number of aryl methyl sites for hydroxylation is 1. The van der Waals surface area contributed by atoms with Crippen molar-refractivity contribution < 1.29 is 14.5 Å². The van der Waals surface area contributed by atoms with Crippen LogP contribution in [0, 0.1) is 17.0 Å². The number of benzene rings is 3. The lowest BCUT2D eigenvalue weighted by molar-refractivity contribution is -0.384. The lowest BCUT2D eigenvalue weighted by Crippen LogP contribution is -2.49. The van der Waals surface area contributed by atoms with Gasteiger partial charge in [-0.05, 0) is 61.5 Å². The number of amides is 1. The van der Waals surface area contributed by atoms with Gasteiger partial charge in [0.15, 0.2) is 0 Å². The molecule has 1 saturated heterocycles. The van der Waals surface area contributed by atoms with Crippen molar-refractivity contribution in [3.8, 4) is 22.7 Å². The number of piperazine rings is 1. The third-order valence-corrected chi connectivity index (χ3v) is 6.59. The Labute approximate surface area is 214 Å². The molecule has 1 aliphatic rings. The maximum atomic E-state index is 13.7. The average molecular weight is 498 g/mol. The Morgan fingerprint density at radius 3 is 2.11 bits per heavy atom. The first-order valence-electron chi connectivity index (χ1n) is 12.0. The van der Waals surface area contributed by atoms with E-state index in [0.717, 1.165) is 28.3 Å². The molecule has 0 radical (unpaired) electrons. The van der Waals surface area contributed by atoms with Crippen molar-refractivity contribution >= 4 is 17.3 Å². The number of anilines is 1. The lowest BCUT2D eigenvalue weighted by Gasteiger charge is -2.36. The smallest absolute Gasteiger partial charge is 0.272 e. The van der Waals surface area contributed by atoms with E-state index in [4.69, 9.17) is 9.84 Å². The van der Waals surface area contributed by atoms with Gasteiger partial charge in [0.2, 0.25) is 0 Å². The second-order valence-corrected chi connectivity index (χ2v) is 8.94. The van der Waals surface area contributed by atoms with Gasteiger partial charge in [-0.15, -0.1) is 0 Å². The molecule has 0 spiro atoms. The van der Waals surface area contributed by atoms with Crippen molar-refractivity contribution in [3.05, 3.63) is 100 Å². The van der Waals surface area contributed by atoms with E-state index >= 15 is 0 Å². The maximum absolute atomic E-state index is 13.7. The second-order valence-electron chi connectivity index (χ2n) is 8.94. The number of nitro benzene ring substituents is 1. The Morgan fingerprint density at radius 2 is 1.51 bits per heavy atom. The van der Waals surface area contributed by atoms with Crippen LogP contribution in [0.3, 0.4) is 0 Å². The quantitative estimate of drug-likeness (QED) is 0.283. The minimum Gasteiger partial charge on any atom is -0.497 e. The minimum absolute atomic E-state index is 0.0644. The van der Waals surface area contributed by atoms with Crippen LogP contribution in [0.4, 0.5) is 11.4 Å². The molecule has 188 valence electrons. The molecule has 0 unspecified atom stereocenters. The Bertz CT molecular complexity index is 1400. The second kappa shape index (κ2) is 10.1. The number of ether oxygens (including phenoxy) is 1. The Balaban J connectivity index is 1.39. The van der Waals surface area contributed by atoms with Gasteiger partial charge in [0, 0.05) is 49.6 Å². The summed E-state index contributed by atoms with van der Waals surface area (Å²) in [6.45, 7) is 4.35. The molecule has 0 saturated carbocycles. The first-order valence-corrected chi connectivity index (χ1v) is 12.0. The molecule has 1 aliphatic heterocycles. The fourth-order valence-corrected chi connectivity index (χ4v) is 4.43. The number of aromatic nitrogens is 2. The summed E-state index contributed by atoms with van der Waals surface area (Å²) in [5, 5.41) is 15.7. The lowest BCUT2D eigenvalue weighted by atomic mass is 10.1. The van der Waals surface area contributed by atoms with Crippen LogP contribution in [0.5, 0.6) is 5.75 Å². The van der Waals surface area contributed by atoms with E-state index in [1.807, 2.05) is 66.4 Å². The molecule has 5 rings (SSSR count). The van der Waals surface area contributed by atoms with Crippen LogP contribution in [-0.4, -0.2) is 58.8 Å². The van der Waals surface area contributed by atoms with Crippen molar-refractivity contribution in [2.75, 3.05) is 38.2 Å². The van der Waals surface area contributed by atoms with E-state index in [-0.39, 0.29) is 11.6 Å². The van der Waals surface area contributed by atoms with E-state index < -0.39 is 4.92 Å². The number of carbonyl (C=O) groups is 1. The van der Waals surface area contributed by atoms with Gasteiger partial charge in [-0.1, -0.05) is 17.7 Å². The third-order valence-electron chi connectivity index (χ3n) is 6.59. The van der Waals surface area contributed by atoms with E-state index in [2.05, 4.69) is 4.90 Å². The summed E-state index contributed by atoms with van der Waals surface area (Å²) in [7, 11) is 1.62. The third kappa shape index (κ3) is 5.02. The van der Waals surface area contributed by atoms with Gasteiger partial charge in [-0.2, -0.15) is 5.10 Å². The molecule has 37 heavy (non-hydrogen) atoms. The van der Waals surface area contributed by atoms with Crippen LogP contribution in [0.1, 0.15) is 16.1 Å². The number of nitrogens with zero attached hydrogens (tertiary/aromatic N) is 5. The predicted octanol–water partition coefficient (Wildman–Crippen LogP) is 4.73. The summed E-state index contributed by atoms with van der Waals surface area (Å²) in [5.41, 5.74) is 5.01. The number of hydrogen-bond donors (Lipinski definition) is 0. The number of rotatable bonds is 6. The van der Waals surface area contributed by atoms with Gasteiger partial charge < -0.3 is 14.5 Å². The highest BCUT2D eigenvalue weighted by Gasteiger charge is 2.26. The molecule has 1 amide bonds. The van der Waals surface area contributed by atoms with Gasteiger partial charge in [0.25, 0.3) is 11.6 Å². The fourth-order valence-electron chi connectivity index (χ4n) is 4.43. The van der Waals surface area contributed by atoms with Gasteiger partial charge in [0.05, 0.1) is 23.4 Å². The molecule has 3 aromatic carbocycles. The number of carbonyl (C=O) groups excluding carboxylic acids is 1. The number of non-ortho nitro benzene ring substituents is 1. The van der Waals surface area contributed by atoms with Crippen molar-refractivity contribution in [1.82, 2.24) is 14.7 Å². The highest BCUT2D eigenvalue weighted by molar-refractivity contribution is 5.94. The van der Waals surface area contributed by atoms with Crippen LogP contribution >= 0.6 is 0 Å². The summed E-state index contributed by atoms with van der Waals surface area (Å²) >= 11 is 0. The number of nitro groups is 1. The Kier molecular flexibility index (Phi) is 6.59. The predicted molar refractivity (Wildman–Crippen MR) is 142 cm³/mol. The average Bonchev–Trinajstić information content (AvgIpc) is 3.39. The molecule has 9 heteroatoms. The van der Waals surface area contributed by atoms with Gasteiger partial charge in [0.1, 0.15) is 11.4 Å². The molecule has 0 bridgehead atoms. The minimum atomic E-state index is -0.405. The topological polar surface area (TPSA) is 93.7 Å². The van der Waals surface area contributed by atoms with Crippen molar-refractivity contribution in [1.29, 1.82) is 0 Å². The first-order chi connectivity index (χ1) is 17.9. The maximum Gasteiger partial charge on any atom is 0.272 e. The van der Waals surface area contributed by atoms with E-state index in [0.29, 0.717) is 37.6 Å². The van der Waals surface area contributed by atoms with E-state index in [1.165, 1.54) is 12.1 Å². The first kappa shape index (κ1) is 24.1. The summed E-state index contributed by atoms with van der Waals surface area (Å²) < 4.78 is 6.98. The molecule has 0 aliphatic carbocycles. The fraction of sp³-hybridized carbons (Fsp3) is 0.214. The number of methoxy groups -OCH3 is 1. The van der Waals surface area contributed by atoms with Crippen LogP contribution in [0.25, 0.3) is 16.9 Å². The largest absolute Gasteiger partial charge is 0.497 e. The zero-order valence-electron chi connectivity index (χ0n) is 20.7. The normalized spacial score (nSPS) is 13.5. The molecular weight excluding hydrogens is 470 g/mol. The van der Waals surface area contributed by atoms with Gasteiger partial charge in [-0.25, -0.2) is 4.68 Å². The molecule has 4 aromatic rings. The van der Waals surface area contributed by atoms with Crippen molar-refractivity contribution in [2.45, 2.75) is 6.92 Å². The summed E-state index contributed by atoms with van der Waals surface area (Å²) in [6.07, 6.45) is 0. The summed E-state index contributed by atoms with van der Waals surface area (Å²) in [5.74, 6) is 0.667. The van der Waals surface area contributed by atoms with Crippen LogP contribution in [0.15, 0.2) is 78.9 Å². The molecule has 1 aromatic heterocycles. The van der Waals surface area contributed by atoms with Gasteiger partial charge in [-0.3, -0.25) is 14.9 Å². The highest BCUT2D eigenvalue weighted by atomic mass is 16.6. The summed E-state index contributed by atoms with van der Waals surface area (Å²) in [6, 6.07) is 23.9. The Morgan fingerprint density at radius 1 is 0.892 bits per heavy atom. The molecule has 1 fully saturated rings.